The number of hydrogen-bond acceptors (Lipinski definition) is 3. The Bertz CT molecular complexity index is 1070. The predicted octanol–water partition coefficient (Wildman–Crippen LogP) is 5.75. The van der Waals surface area contributed by atoms with Gasteiger partial charge in [-0.3, -0.25) is 4.68 Å². The summed E-state index contributed by atoms with van der Waals surface area (Å²) < 4.78 is 44.7. The maximum Gasteiger partial charge on any atom is 0.387 e. The Morgan fingerprint density at radius 1 is 1.17 bits per heavy atom. The minimum absolute atomic E-state index is 0.0209. The second kappa shape index (κ2) is 9.36. The van der Waals surface area contributed by atoms with E-state index in [2.05, 4.69) is 20.5 Å². The molecule has 3 aromatic rings. The molecule has 0 bridgehead atoms. The topological polar surface area (TPSA) is 51.1 Å². The predicted molar refractivity (Wildman–Crippen MR) is 115 cm³/mol. The van der Waals surface area contributed by atoms with Gasteiger partial charge in [0.1, 0.15) is 11.6 Å². The largest absolute Gasteiger partial charge is 0.433 e. The lowest BCUT2D eigenvalue weighted by Gasteiger charge is -2.14. The van der Waals surface area contributed by atoms with E-state index in [-0.39, 0.29) is 10.9 Å². The minimum Gasteiger partial charge on any atom is -0.433 e. The lowest BCUT2D eigenvalue weighted by atomic mass is 10.2. The van der Waals surface area contributed by atoms with Crippen LogP contribution in [0.3, 0.4) is 0 Å². The first-order chi connectivity index (χ1) is 14.2. The lowest BCUT2D eigenvalue weighted by Crippen LogP contribution is -2.20. The van der Waals surface area contributed by atoms with Crippen LogP contribution < -0.4 is 15.4 Å². The van der Waals surface area contributed by atoms with E-state index < -0.39 is 12.4 Å². The molecule has 10 heteroatoms. The number of nitrogens with one attached hydrogen (secondary N) is 2. The molecule has 0 amide bonds. The van der Waals surface area contributed by atoms with Crippen molar-refractivity contribution in [2.45, 2.75) is 27.0 Å². The zero-order valence-electron chi connectivity index (χ0n) is 16.0. The highest BCUT2D eigenvalue weighted by Crippen LogP contribution is 2.27. The molecule has 3 rings (SSSR count). The first-order valence-corrected chi connectivity index (χ1v) is 9.61. The smallest absolute Gasteiger partial charge is 0.387 e. The van der Waals surface area contributed by atoms with E-state index in [1.807, 2.05) is 13.8 Å². The first kappa shape index (κ1) is 21.9. The van der Waals surface area contributed by atoms with E-state index in [9.17, 15) is 13.2 Å². The number of halogens is 4. The zero-order valence-corrected chi connectivity index (χ0v) is 17.6. The standard InChI is InChI=1S/C20H18ClF3N4OS/c1-11-3-6-17(29-19(23)24)16(7-11)25-20(30)26-18-8-12(2)28(27-18)10-13-4-5-14(22)9-15(13)21/h3-9,19H,10H2,1-2H3,(H2,25,26,27,30). The fourth-order valence-electron chi connectivity index (χ4n) is 2.75. The molecule has 1 aromatic heterocycles. The Balaban J connectivity index is 1.71. The Morgan fingerprint density at radius 2 is 1.93 bits per heavy atom. The van der Waals surface area contributed by atoms with Crippen molar-refractivity contribution >= 4 is 40.4 Å². The monoisotopic (exact) mass is 454 g/mol. The zero-order chi connectivity index (χ0) is 21.8. The molecule has 1 heterocycles. The van der Waals surface area contributed by atoms with Gasteiger partial charge in [0.05, 0.1) is 12.2 Å². The molecule has 0 atom stereocenters. The summed E-state index contributed by atoms with van der Waals surface area (Å²) in [7, 11) is 0. The van der Waals surface area contributed by atoms with E-state index in [4.69, 9.17) is 23.8 Å². The second-order valence-electron chi connectivity index (χ2n) is 6.52. The summed E-state index contributed by atoms with van der Waals surface area (Å²) in [5.41, 5.74) is 2.68. The van der Waals surface area contributed by atoms with Crippen molar-refractivity contribution in [3.8, 4) is 5.75 Å². The highest BCUT2D eigenvalue weighted by atomic mass is 35.5. The van der Waals surface area contributed by atoms with E-state index >= 15 is 0 Å². The minimum atomic E-state index is -2.95. The Kier molecular flexibility index (Phi) is 6.84. The van der Waals surface area contributed by atoms with Crippen molar-refractivity contribution in [2.75, 3.05) is 10.6 Å². The molecule has 158 valence electrons. The van der Waals surface area contributed by atoms with Gasteiger partial charge in [-0.05, 0) is 61.5 Å². The van der Waals surface area contributed by atoms with E-state index in [1.165, 1.54) is 18.2 Å². The van der Waals surface area contributed by atoms with Crippen molar-refractivity contribution < 1.29 is 17.9 Å². The summed E-state index contributed by atoms with van der Waals surface area (Å²) in [6.07, 6.45) is 0. The Morgan fingerprint density at radius 3 is 2.63 bits per heavy atom. The van der Waals surface area contributed by atoms with Gasteiger partial charge in [0.2, 0.25) is 0 Å². The number of aromatic nitrogens is 2. The molecule has 5 nitrogen and oxygen atoms in total. The van der Waals surface area contributed by atoms with Gasteiger partial charge in [-0.15, -0.1) is 0 Å². The average molecular weight is 455 g/mol. The number of alkyl halides is 2. The first-order valence-electron chi connectivity index (χ1n) is 8.83. The maximum atomic E-state index is 13.2. The van der Waals surface area contributed by atoms with Gasteiger partial charge in [-0.2, -0.15) is 13.9 Å². The van der Waals surface area contributed by atoms with Crippen LogP contribution in [0.25, 0.3) is 0 Å². The summed E-state index contributed by atoms with van der Waals surface area (Å²) >= 11 is 11.4. The van der Waals surface area contributed by atoms with Crippen LogP contribution in [0.4, 0.5) is 24.7 Å². The molecule has 0 saturated carbocycles. The second-order valence-corrected chi connectivity index (χ2v) is 7.34. The van der Waals surface area contributed by atoms with Gasteiger partial charge in [0.25, 0.3) is 0 Å². The summed E-state index contributed by atoms with van der Waals surface area (Å²) in [5, 5.41) is 10.6. The summed E-state index contributed by atoms with van der Waals surface area (Å²) in [4.78, 5) is 0. The highest BCUT2D eigenvalue weighted by molar-refractivity contribution is 7.80. The summed E-state index contributed by atoms with van der Waals surface area (Å²) in [6, 6.07) is 10.7. The van der Waals surface area contributed by atoms with Crippen LogP contribution in [0.5, 0.6) is 5.75 Å². The van der Waals surface area contributed by atoms with Gasteiger partial charge < -0.3 is 15.4 Å². The number of nitrogens with zero attached hydrogens (tertiary/aromatic N) is 2. The average Bonchev–Trinajstić information content (AvgIpc) is 2.98. The van der Waals surface area contributed by atoms with Crippen LogP contribution in [0.1, 0.15) is 16.8 Å². The molecule has 0 unspecified atom stereocenters. The van der Waals surface area contributed by atoms with Crippen molar-refractivity contribution in [2.24, 2.45) is 0 Å². The van der Waals surface area contributed by atoms with Crippen molar-refractivity contribution in [3.63, 3.8) is 0 Å². The number of ether oxygens (including phenoxy) is 1. The Labute approximate surface area is 181 Å². The van der Waals surface area contributed by atoms with E-state index in [1.54, 1.807) is 28.9 Å². The SMILES string of the molecule is Cc1ccc(OC(F)F)c(NC(=S)Nc2cc(C)n(Cc3ccc(F)cc3Cl)n2)c1. The molecule has 0 spiro atoms. The molecule has 0 saturated heterocycles. The third kappa shape index (κ3) is 5.64. The van der Waals surface area contributed by atoms with Crippen molar-refractivity contribution in [1.82, 2.24) is 9.78 Å². The molecule has 30 heavy (non-hydrogen) atoms. The van der Waals surface area contributed by atoms with Crippen LogP contribution in [0, 0.1) is 19.7 Å². The van der Waals surface area contributed by atoms with Crippen molar-refractivity contribution in [3.05, 3.63) is 70.1 Å². The van der Waals surface area contributed by atoms with Crippen LogP contribution in [-0.2, 0) is 6.54 Å². The summed E-state index contributed by atoms with van der Waals surface area (Å²) in [5.74, 6) is 0.0192. The number of thiocarbonyl (C=S) groups is 1. The molecule has 0 fully saturated rings. The number of aryl methyl sites for hydroxylation is 2. The molecular formula is C20H18ClF3N4OS. The molecule has 2 N–H and O–H groups in total. The highest BCUT2D eigenvalue weighted by Gasteiger charge is 2.13. The van der Waals surface area contributed by atoms with Gasteiger partial charge >= 0.3 is 6.61 Å². The van der Waals surface area contributed by atoms with E-state index in [0.717, 1.165) is 11.3 Å². The van der Waals surface area contributed by atoms with Gasteiger partial charge in [-0.25, -0.2) is 4.39 Å². The molecule has 0 radical (unpaired) electrons. The molecule has 0 aliphatic rings. The normalized spacial score (nSPS) is 10.9. The molecule has 2 aromatic carbocycles. The third-order valence-electron chi connectivity index (χ3n) is 4.16. The van der Waals surface area contributed by atoms with Gasteiger partial charge in [0.15, 0.2) is 10.9 Å². The van der Waals surface area contributed by atoms with Crippen LogP contribution in [0.2, 0.25) is 5.02 Å². The third-order valence-corrected chi connectivity index (χ3v) is 4.71. The molecule has 0 aliphatic carbocycles. The number of benzene rings is 2. The number of hydrogen-bond donors (Lipinski definition) is 2. The van der Waals surface area contributed by atoms with Gasteiger partial charge in [0, 0.05) is 16.8 Å². The van der Waals surface area contributed by atoms with Crippen molar-refractivity contribution in [1.29, 1.82) is 0 Å². The molecule has 0 aliphatic heterocycles. The van der Waals surface area contributed by atoms with E-state index in [0.29, 0.717) is 28.6 Å². The van der Waals surface area contributed by atoms with Gasteiger partial charge in [-0.1, -0.05) is 23.7 Å². The van der Waals surface area contributed by atoms with Crippen LogP contribution in [-0.4, -0.2) is 21.5 Å². The number of rotatable bonds is 6. The number of anilines is 2. The van der Waals surface area contributed by atoms with Crippen LogP contribution in [0.15, 0.2) is 42.5 Å². The fraction of sp³-hybridized carbons (Fsp3) is 0.200. The Hall–Kier alpha value is -2.78. The summed E-state index contributed by atoms with van der Waals surface area (Å²) in [6.45, 7) is 1.06. The quantitative estimate of drug-likeness (QED) is 0.464. The fourth-order valence-corrected chi connectivity index (χ4v) is 3.19. The van der Waals surface area contributed by atoms with Crippen LogP contribution >= 0.6 is 23.8 Å². The maximum absolute atomic E-state index is 13.2. The lowest BCUT2D eigenvalue weighted by molar-refractivity contribution is -0.0493. The molecular weight excluding hydrogens is 437 g/mol.